The number of ether oxygens (including phenoxy) is 1. The van der Waals surface area contributed by atoms with E-state index in [1.165, 1.54) is 18.4 Å². The number of rotatable bonds is 4. The molecule has 0 saturated heterocycles. The van der Waals surface area contributed by atoms with Gasteiger partial charge in [0.2, 0.25) is 0 Å². The number of hydrogen-bond acceptors (Lipinski definition) is 2. The van der Waals surface area contributed by atoms with Crippen molar-refractivity contribution < 1.29 is 4.74 Å². The fourth-order valence-corrected chi connectivity index (χ4v) is 2.87. The molecule has 1 saturated carbocycles. The molecule has 0 spiro atoms. The maximum atomic E-state index is 6.27. The van der Waals surface area contributed by atoms with Gasteiger partial charge in [-0.1, -0.05) is 31.0 Å². The van der Waals surface area contributed by atoms with Crippen molar-refractivity contribution in [2.45, 2.75) is 45.3 Å². The summed E-state index contributed by atoms with van der Waals surface area (Å²) in [6.07, 6.45) is 5.23. The van der Waals surface area contributed by atoms with Crippen LogP contribution >= 0.6 is 11.6 Å². The molecule has 0 aliphatic heterocycles. The van der Waals surface area contributed by atoms with E-state index in [4.69, 9.17) is 16.3 Å². The first-order valence-corrected chi connectivity index (χ1v) is 7.16. The quantitative estimate of drug-likeness (QED) is 0.890. The zero-order chi connectivity index (χ0) is 13.0. The molecule has 0 radical (unpaired) electrons. The van der Waals surface area contributed by atoms with Gasteiger partial charge in [0.05, 0.1) is 11.1 Å². The Morgan fingerprint density at radius 2 is 2.22 bits per heavy atom. The van der Waals surface area contributed by atoms with Gasteiger partial charge in [0.25, 0.3) is 0 Å². The zero-order valence-electron chi connectivity index (χ0n) is 11.2. The minimum Gasteiger partial charge on any atom is -0.489 e. The van der Waals surface area contributed by atoms with Crippen LogP contribution in [0.25, 0.3) is 0 Å². The first-order chi connectivity index (χ1) is 8.69. The summed E-state index contributed by atoms with van der Waals surface area (Å²) in [7, 11) is 1.93. The van der Waals surface area contributed by atoms with Gasteiger partial charge < -0.3 is 10.1 Å². The average Bonchev–Trinajstić information content (AvgIpc) is 2.33. The van der Waals surface area contributed by atoms with Gasteiger partial charge in [-0.25, -0.2) is 0 Å². The van der Waals surface area contributed by atoms with E-state index in [0.717, 1.165) is 36.1 Å². The summed E-state index contributed by atoms with van der Waals surface area (Å²) in [6, 6.07) is 6.05. The van der Waals surface area contributed by atoms with E-state index < -0.39 is 0 Å². The van der Waals surface area contributed by atoms with Crippen LogP contribution in [0, 0.1) is 5.92 Å². The summed E-state index contributed by atoms with van der Waals surface area (Å²) in [5.41, 5.74) is 1.19. The van der Waals surface area contributed by atoms with Crippen LogP contribution in [0.2, 0.25) is 5.02 Å². The molecule has 0 bridgehead atoms. The fourth-order valence-electron chi connectivity index (χ4n) is 2.62. The third-order valence-corrected chi connectivity index (χ3v) is 3.85. The Bertz CT molecular complexity index is 394. The van der Waals surface area contributed by atoms with Gasteiger partial charge in [-0.05, 0) is 49.9 Å². The van der Waals surface area contributed by atoms with Crippen molar-refractivity contribution in [3.05, 3.63) is 28.8 Å². The maximum Gasteiger partial charge on any atom is 0.138 e. The topological polar surface area (TPSA) is 21.3 Å². The predicted molar refractivity (Wildman–Crippen MR) is 76.3 cm³/mol. The van der Waals surface area contributed by atoms with Gasteiger partial charge in [0, 0.05) is 6.54 Å². The van der Waals surface area contributed by atoms with Gasteiger partial charge in [-0.15, -0.1) is 0 Å². The molecule has 1 aromatic rings. The van der Waals surface area contributed by atoms with Crippen LogP contribution in [0.5, 0.6) is 5.75 Å². The number of hydrogen-bond donors (Lipinski definition) is 1. The Morgan fingerprint density at radius 1 is 1.39 bits per heavy atom. The molecular weight excluding hydrogens is 246 g/mol. The lowest BCUT2D eigenvalue weighted by molar-refractivity contribution is 0.129. The van der Waals surface area contributed by atoms with Crippen LogP contribution in [0.4, 0.5) is 0 Å². The van der Waals surface area contributed by atoms with Crippen molar-refractivity contribution >= 4 is 11.6 Å². The summed E-state index contributed by atoms with van der Waals surface area (Å²) in [4.78, 5) is 0. The third-order valence-electron chi connectivity index (χ3n) is 3.56. The Hall–Kier alpha value is -0.730. The highest BCUT2D eigenvalue weighted by molar-refractivity contribution is 6.32. The molecule has 100 valence electrons. The Kier molecular flexibility index (Phi) is 4.90. The van der Waals surface area contributed by atoms with Crippen LogP contribution in [-0.2, 0) is 6.54 Å². The van der Waals surface area contributed by atoms with Crippen molar-refractivity contribution in [3.63, 3.8) is 0 Å². The number of halogens is 1. The molecule has 0 heterocycles. The van der Waals surface area contributed by atoms with E-state index in [1.54, 1.807) is 0 Å². The summed E-state index contributed by atoms with van der Waals surface area (Å²) in [5, 5.41) is 3.84. The molecule has 1 N–H and O–H groups in total. The van der Waals surface area contributed by atoms with Gasteiger partial charge in [-0.2, -0.15) is 0 Å². The van der Waals surface area contributed by atoms with E-state index in [9.17, 15) is 0 Å². The summed E-state index contributed by atoms with van der Waals surface area (Å²) < 4.78 is 6.04. The fraction of sp³-hybridized carbons (Fsp3) is 0.600. The molecule has 2 rings (SSSR count). The van der Waals surface area contributed by atoms with E-state index in [1.807, 2.05) is 19.2 Å². The van der Waals surface area contributed by atoms with Crippen molar-refractivity contribution in [3.8, 4) is 5.75 Å². The van der Waals surface area contributed by atoms with Crippen molar-refractivity contribution in [1.82, 2.24) is 5.32 Å². The highest BCUT2D eigenvalue weighted by Crippen LogP contribution is 2.31. The number of benzene rings is 1. The standard InChI is InChI=1S/C15H22ClNO/c1-11-4-3-5-13(8-11)18-15-7-6-12(10-17-2)9-14(15)16/h6-7,9,11,13,17H,3-5,8,10H2,1-2H3. The molecule has 0 amide bonds. The third kappa shape index (κ3) is 3.63. The second-order valence-corrected chi connectivity index (χ2v) is 5.71. The lowest BCUT2D eigenvalue weighted by Crippen LogP contribution is -2.24. The largest absolute Gasteiger partial charge is 0.489 e. The molecule has 0 aromatic heterocycles. The first-order valence-electron chi connectivity index (χ1n) is 6.78. The Labute approximate surface area is 115 Å². The molecule has 3 heteroatoms. The van der Waals surface area contributed by atoms with E-state index in [2.05, 4.69) is 18.3 Å². The van der Waals surface area contributed by atoms with Crippen LogP contribution in [0.3, 0.4) is 0 Å². The van der Waals surface area contributed by atoms with Crippen molar-refractivity contribution in [2.24, 2.45) is 5.92 Å². The second-order valence-electron chi connectivity index (χ2n) is 5.31. The zero-order valence-corrected chi connectivity index (χ0v) is 12.0. The van der Waals surface area contributed by atoms with Gasteiger partial charge in [0.15, 0.2) is 0 Å². The Morgan fingerprint density at radius 3 is 2.89 bits per heavy atom. The molecule has 1 aliphatic rings. The molecule has 1 aliphatic carbocycles. The lowest BCUT2D eigenvalue weighted by Gasteiger charge is -2.27. The van der Waals surface area contributed by atoms with E-state index in [-0.39, 0.29) is 0 Å². The first kappa shape index (κ1) is 13.7. The van der Waals surface area contributed by atoms with E-state index >= 15 is 0 Å². The van der Waals surface area contributed by atoms with Gasteiger partial charge in [-0.3, -0.25) is 0 Å². The monoisotopic (exact) mass is 267 g/mol. The number of nitrogens with one attached hydrogen (secondary N) is 1. The lowest BCUT2D eigenvalue weighted by atomic mass is 9.89. The SMILES string of the molecule is CNCc1ccc(OC2CCCC(C)C2)c(Cl)c1. The minimum atomic E-state index is 0.335. The normalized spacial score (nSPS) is 23.9. The summed E-state index contributed by atoms with van der Waals surface area (Å²) in [6.45, 7) is 3.13. The average molecular weight is 268 g/mol. The minimum absolute atomic E-state index is 0.335. The molecule has 1 aromatic carbocycles. The van der Waals surface area contributed by atoms with Crippen LogP contribution in [0.15, 0.2) is 18.2 Å². The van der Waals surface area contributed by atoms with Crippen LogP contribution in [-0.4, -0.2) is 13.2 Å². The highest BCUT2D eigenvalue weighted by atomic mass is 35.5. The van der Waals surface area contributed by atoms with Crippen molar-refractivity contribution in [1.29, 1.82) is 0 Å². The molecule has 2 atom stereocenters. The molecule has 2 unspecified atom stereocenters. The molecule has 18 heavy (non-hydrogen) atoms. The van der Waals surface area contributed by atoms with Crippen LogP contribution < -0.4 is 10.1 Å². The predicted octanol–water partition coefficient (Wildman–Crippen LogP) is 4.02. The molecule has 2 nitrogen and oxygen atoms in total. The van der Waals surface area contributed by atoms with Gasteiger partial charge in [0.1, 0.15) is 5.75 Å². The van der Waals surface area contributed by atoms with E-state index in [0.29, 0.717) is 6.10 Å². The second kappa shape index (κ2) is 6.44. The Balaban J connectivity index is 2.00. The summed E-state index contributed by atoms with van der Waals surface area (Å²) in [5.74, 6) is 1.60. The van der Waals surface area contributed by atoms with Crippen molar-refractivity contribution in [2.75, 3.05) is 7.05 Å². The van der Waals surface area contributed by atoms with Gasteiger partial charge >= 0.3 is 0 Å². The van der Waals surface area contributed by atoms with Crippen LogP contribution in [0.1, 0.15) is 38.2 Å². The maximum absolute atomic E-state index is 6.27. The smallest absolute Gasteiger partial charge is 0.138 e. The summed E-state index contributed by atoms with van der Waals surface area (Å²) >= 11 is 6.27. The molecule has 1 fully saturated rings. The highest BCUT2D eigenvalue weighted by Gasteiger charge is 2.20. The molecular formula is C15H22ClNO.